The lowest BCUT2D eigenvalue weighted by Gasteiger charge is -2.25. The molecular weight excluding hydrogens is 288 g/mol. The van der Waals surface area contributed by atoms with E-state index < -0.39 is 21.0 Å². The maximum absolute atomic E-state index is 12.1. The smallest absolute Gasteiger partial charge is 0.274 e. The van der Waals surface area contributed by atoms with Gasteiger partial charge in [-0.05, 0) is 36.8 Å². The molecule has 0 fully saturated rings. The molecule has 5 heteroatoms. The Balaban J connectivity index is 3.22. The number of aliphatic hydroxyl groups is 1. The molecule has 1 unspecified atom stereocenters. The van der Waals surface area contributed by atoms with Crippen molar-refractivity contribution in [3.63, 3.8) is 0 Å². The van der Waals surface area contributed by atoms with Crippen LogP contribution in [0.5, 0.6) is 0 Å². The minimum atomic E-state index is -3.75. The minimum absolute atomic E-state index is 0.00437. The summed E-state index contributed by atoms with van der Waals surface area (Å²) in [6, 6.07) is 7.46. The van der Waals surface area contributed by atoms with Crippen molar-refractivity contribution in [3.05, 3.63) is 35.4 Å². The molecule has 1 aromatic rings. The molecule has 0 aliphatic rings. The van der Waals surface area contributed by atoms with E-state index in [1.807, 2.05) is 12.1 Å². The third-order valence-corrected chi connectivity index (χ3v) is 5.01. The molecule has 0 saturated heterocycles. The van der Waals surface area contributed by atoms with Crippen molar-refractivity contribution in [2.24, 2.45) is 0 Å². The zero-order chi connectivity index (χ0) is 16.5. The standard InChI is InChI=1S/C16H26O4S/c1-15(2,3)13-9-7-12(8-10-13)14(11-16(4,5)17)21(18,19)20-6/h7-10,14,17H,11H2,1-6H3. The van der Waals surface area contributed by atoms with Crippen molar-refractivity contribution in [2.45, 2.75) is 57.3 Å². The van der Waals surface area contributed by atoms with E-state index in [0.717, 1.165) is 12.7 Å². The van der Waals surface area contributed by atoms with Crippen LogP contribution in [-0.2, 0) is 19.7 Å². The Hall–Kier alpha value is -0.910. The normalized spacial score (nSPS) is 15.0. The van der Waals surface area contributed by atoms with Crippen molar-refractivity contribution in [3.8, 4) is 0 Å². The van der Waals surface area contributed by atoms with Gasteiger partial charge in [-0.3, -0.25) is 4.18 Å². The zero-order valence-corrected chi connectivity index (χ0v) is 14.5. The summed E-state index contributed by atoms with van der Waals surface area (Å²) in [6.45, 7) is 9.48. The molecule has 0 amide bonds. The molecule has 0 aliphatic heterocycles. The highest BCUT2D eigenvalue weighted by Crippen LogP contribution is 2.33. The monoisotopic (exact) mass is 314 g/mol. The van der Waals surface area contributed by atoms with Crippen molar-refractivity contribution in [1.82, 2.24) is 0 Å². The van der Waals surface area contributed by atoms with E-state index in [4.69, 9.17) is 0 Å². The van der Waals surface area contributed by atoms with Crippen LogP contribution in [0, 0.1) is 0 Å². The molecule has 0 radical (unpaired) electrons. The van der Waals surface area contributed by atoms with Crippen LogP contribution in [0.3, 0.4) is 0 Å². The van der Waals surface area contributed by atoms with Gasteiger partial charge in [-0.15, -0.1) is 0 Å². The van der Waals surface area contributed by atoms with Crippen molar-refractivity contribution >= 4 is 10.1 Å². The van der Waals surface area contributed by atoms with Gasteiger partial charge in [0.25, 0.3) is 10.1 Å². The second kappa shape index (κ2) is 6.07. The van der Waals surface area contributed by atoms with Crippen molar-refractivity contribution in [2.75, 3.05) is 7.11 Å². The van der Waals surface area contributed by atoms with Gasteiger partial charge in [-0.1, -0.05) is 45.0 Å². The molecule has 1 N–H and O–H groups in total. The molecule has 0 aromatic heterocycles. The predicted molar refractivity (Wildman–Crippen MR) is 84.7 cm³/mol. The number of hydrogen-bond donors (Lipinski definition) is 1. The third-order valence-electron chi connectivity index (χ3n) is 3.41. The zero-order valence-electron chi connectivity index (χ0n) is 13.7. The highest BCUT2D eigenvalue weighted by atomic mass is 32.2. The van der Waals surface area contributed by atoms with E-state index in [0.29, 0.717) is 5.56 Å². The Bertz CT molecular complexity index is 560. The summed E-state index contributed by atoms with van der Waals surface area (Å²) in [6.07, 6.45) is 0.0814. The molecule has 0 spiro atoms. The van der Waals surface area contributed by atoms with Gasteiger partial charge in [0.05, 0.1) is 12.7 Å². The molecule has 1 aromatic carbocycles. The summed E-state index contributed by atoms with van der Waals surface area (Å²) in [4.78, 5) is 0. The SMILES string of the molecule is COS(=O)(=O)C(CC(C)(C)O)c1ccc(C(C)(C)C)cc1. The Morgan fingerprint density at radius 2 is 1.57 bits per heavy atom. The number of rotatable bonds is 5. The molecule has 0 bridgehead atoms. The van der Waals surface area contributed by atoms with Gasteiger partial charge in [0.1, 0.15) is 5.25 Å². The molecule has 1 atom stereocenters. The van der Waals surface area contributed by atoms with Gasteiger partial charge in [0.2, 0.25) is 0 Å². The average molecular weight is 314 g/mol. The van der Waals surface area contributed by atoms with E-state index in [-0.39, 0.29) is 11.8 Å². The molecular formula is C16H26O4S. The molecule has 4 nitrogen and oxygen atoms in total. The first-order chi connectivity index (χ1) is 9.37. The lowest BCUT2D eigenvalue weighted by atomic mass is 9.86. The summed E-state index contributed by atoms with van der Waals surface area (Å²) < 4.78 is 28.9. The van der Waals surface area contributed by atoms with Crippen molar-refractivity contribution in [1.29, 1.82) is 0 Å². The summed E-state index contributed by atoms with van der Waals surface area (Å²) in [5.41, 5.74) is 0.665. The fraction of sp³-hybridized carbons (Fsp3) is 0.625. The molecule has 21 heavy (non-hydrogen) atoms. The van der Waals surface area contributed by atoms with E-state index in [1.165, 1.54) is 0 Å². The van der Waals surface area contributed by atoms with Gasteiger partial charge in [0.15, 0.2) is 0 Å². The van der Waals surface area contributed by atoms with Crippen LogP contribution in [0.1, 0.15) is 57.4 Å². The summed E-state index contributed by atoms with van der Waals surface area (Å²) in [5, 5.41) is 9.09. The van der Waals surface area contributed by atoms with Crippen molar-refractivity contribution < 1.29 is 17.7 Å². The van der Waals surface area contributed by atoms with Crippen LogP contribution in [-0.4, -0.2) is 26.2 Å². The van der Waals surface area contributed by atoms with Gasteiger partial charge in [-0.25, -0.2) is 0 Å². The molecule has 1 rings (SSSR count). The number of hydrogen-bond acceptors (Lipinski definition) is 4. The molecule has 0 aliphatic carbocycles. The van der Waals surface area contributed by atoms with Crippen LogP contribution < -0.4 is 0 Å². The largest absolute Gasteiger partial charge is 0.390 e. The third kappa shape index (κ3) is 5.09. The fourth-order valence-electron chi connectivity index (χ4n) is 2.15. The first kappa shape index (κ1) is 18.1. The predicted octanol–water partition coefficient (Wildman–Crippen LogP) is 3.16. The first-order valence-electron chi connectivity index (χ1n) is 6.99. The van der Waals surface area contributed by atoms with E-state index >= 15 is 0 Å². The Kier molecular flexibility index (Phi) is 5.24. The summed E-state index contributed by atoms with van der Waals surface area (Å²) in [5.74, 6) is 0. The fourth-order valence-corrected chi connectivity index (χ4v) is 3.49. The van der Waals surface area contributed by atoms with Crippen LogP contribution in [0.25, 0.3) is 0 Å². The lowest BCUT2D eigenvalue weighted by molar-refractivity contribution is 0.0687. The maximum atomic E-state index is 12.1. The topological polar surface area (TPSA) is 63.6 Å². The van der Waals surface area contributed by atoms with E-state index in [2.05, 4.69) is 25.0 Å². The van der Waals surface area contributed by atoms with Gasteiger partial charge in [-0.2, -0.15) is 8.42 Å². The Labute approximate surface area is 128 Å². The highest BCUT2D eigenvalue weighted by molar-refractivity contribution is 7.87. The van der Waals surface area contributed by atoms with E-state index in [1.54, 1.807) is 26.0 Å². The minimum Gasteiger partial charge on any atom is -0.390 e. The maximum Gasteiger partial charge on any atom is 0.274 e. The summed E-state index contributed by atoms with van der Waals surface area (Å²) in [7, 11) is -2.61. The second-order valence-corrected chi connectivity index (χ2v) is 8.92. The van der Waals surface area contributed by atoms with Gasteiger partial charge < -0.3 is 5.11 Å². The second-order valence-electron chi connectivity index (χ2n) is 7.04. The lowest BCUT2D eigenvalue weighted by Crippen LogP contribution is -2.27. The van der Waals surface area contributed by atoms with Gasteiger partial charge in [0, 0.05) is 0 Å². The summed E-state index contributed by atoms with van der Waals surface area (Å²) >= 11 is 0. The van der Waals surface area contributed by atoms with Crippen LogP contribution in [0.4, 0.5) is 0 Å². The molecule has 120 valence electrons. The Morgan fingerprint density at radius 1 is 1.10 bits per heavy atom. The Morgan fingerprint density at radius 3 is 1.90 bits per heavy atom. The number of benzene rings is 1. The van der Waals surface area contributed by atoms with Crippen LogP contribution >= 0.6 is 0 Å². The average Bonchev–Trinajstić information content (AvgIpc) is 2.34. The van der Waals surface area contributed by atoms with Gasteiger partial charge >= 0.3 is 0 Å². The molecule has 0 heterocycles. The highest BCUT2D eigenvalue weighted by Gasteiger charge is 2.32. The quantitative estimate of drug-likeness (QED) is 0.848. The first-order valence-corrected chi connectivity index (χ1v) is 8.46. The van der Waals surface area contributed by atoms with Crippen LogP contribution in [0.2, 0.25) is 0 Å². The molecule has 0 saturated carbocycles. The van der Waals surface area contributed by atoms with Crippen LogP contribution in [0.15, 0.2) is 24.3 Å². The van der Waals surface area contributed by atoms with E-state index in [9.17, 15) is 13.5 Å².